The Labute approximate surface area is 116 Å². The smallest absolute Gasteiger partial charge is 0.134 e. The molecule has 18 heavy (non-hydrogen) atoms. The van der Waals surface area contributed by atoms with E-state index in [-0.39, 0.29) is 0 Å². The van der Waals surface area contributed by atoms with Crippen molar-refractivity contribution in [1.29, 1.82) is 0 Å². The van der Waals surface area contributed by atoms with Crippen LogP contribution in [-0.2, 0) is 6.42 Å². The molecule has 0 aliphatic rings. The maximum atomic E-state index is 5.97. The minimum absolute atomic E-state index is 0.366. The number of rotatable bonds is 4. The lowest BCUT2D eigenvalue weighted by molar-refractivity contribution is 0.673. The molecule has 0 aromatic carbocycles. The van der Waals surface area contributed by atoms with Crippen molar-refractivity contribution in [3.8, 4) is 0 Å². The van der Waals surface area contributed by atoms with Gasteiger partial charge in [-0.2, -0.15) is 11.3 Å². The summed E-state index contributed by atoms with van der Waals surface area (Å²) in [5.74, 6) is 1.57. The molecular formula is C13H16ClN3S. The second-order valence-electron chi connectivity index (χ2n) is 4.39. The SMILES string of the molecule is Cc1nc(Cl)cc(N(C)C(C)Cc2ccsc2)n1. The molecule has 0 aliphatic carbocycles. The van der Waals surface area contributed by atoms with Crippen molar-refractivity contribution < 1.29 is 0 Å². The molecule has 0 saturated carbocycles. The van der Waals surface area contributed by atoms with Crippen LogP contribution in [0, 0.1) is 6.92 Å². The molecule has 1 atom stereocenters. The molecule has 0 spiro atoms. The summed E-state index contributed by atoms with van der Waals surface area (Å²) in [6.45, 7) is 4.04. The Balaban J connectivity index is 2.12. The van der Waals surface area contributed by atoms with Crippen LogP contribution in [0.4, 0.5) is 5.82 Å². The quantitative estimate of drug-likeness (QED) is 0.803. The number of thiophene rings is 1. The van der Waals surface area contributed by atoms with Crippen LogP contribution in [0.5, 0.6) is 0 Å². The Morgan fingerprint density at radius 1 is 1.44 bits per heavy atom. The lowest BCUT2D eigenvalue weighted by Gasteiger charge is -2.26. The Morgan fingerprint density at radius 2 is 2.22 bits per heavy atom. The monoisotopic (exact) mass is 281 g/mol. The Morgan fingerprint density at radius 3 is 2.83 bits per heavy atom. The van der Waals surface area contributed by atoms with Gasteiger partial charge in [0.15, 0.2) is 0 Å². The Hall–Kier alpha value is -1.13. The first-order valence-corrected chi connectivity index (χ1v) is 7.13. The predicted molar refractivity (Wildman–Crippen MR) is 77.7 cm³/mol. The lowest BCUT2D eigenvalue weighted by Crippen LogP contribution is -2.31. The fourth-order valence-electron chi connectivity index (χ4n) is 1.81. The topological polar surface area (TPSA) is 29.0 Å². The number of likely N-dealkylation sites (N-methyl/N-ethyl adjacent to an activating group) is 1. The number of halogens is 1. The summed E-state index contributed by atoms with van der Waals surface area (Å²) < 4.78 is 0. The van der Waals surface area contributed by atoms with Crippen LogP contribution in [0.25, 0.3) is 0 Å². The number of aryl methyl sites for hydroxylation is 1. The minimum Gasteiger partial charge on any atom is -0.356 e. The molecule has 0 fully saturated rings. The molecule has 2 heterocycles. The second kappa shape index (κ2) is 5.67. The van der Waals surface area contributed by atoms with E-state index < -0.39 is 0 Å². The van der Waals surface area contributed by atoms with Crippen LogP contribution in [0.2, 0.25) is 5.15 Å². The molecule has 1 unspecified atom stereocenters. The van der Waals surface area contributed by atoms with Gasteiger partial charge in [0.25, 0.3) is 0 Å². The Kier molecular flexibility index (Phi) is 4.19. The van der Waals surface area contributed by atoms with Crippen LogP contribution in [0.3, 0.4) is 0 Å². The Bertz CT molecular complexity index is 493. The van der Waals surface area contributed by atoms with E-state index in [2.05, 4.69) is 38.6 Å². The fourth-order valence-corrected chi connectivity index (χ4v) is 2.71. The van der Waals surface area contributed by atoms with Gasteiger partial charge >= 0.3 is 0 Å². The van der Waals surface area contributed by atoms with Crippen LogP contribution >= 0.6 is 22.9 Å². The summed E-state index contributed by atoms with van der Waals surface area (Å²) in [4.78, 5) is 10.6. The highest BCUT2D eigenvalue weighted by atomic mass is 35.5. The van der Waals surface area contributed by atoms with Gasteiger partial charge in [0.05, 0.1) is 0 Å². The molecule has 0 saturated heterocycles. The molecule has 5 heteroatoms. The van der Waals surface area contributed by atoms with Crippen molar-refractivity contribution in [3.05, 3.63) is 39.4 Å². The summed E-state index contributed by atoms with van der Waals surface area (Å²) in [5, 5.41) is 4.78. The first-order chi connectivity index (χ1) is 8.56. The molecule has 0 N–H and O–H groups in total. The summed E-state index contributed by atoms with van der Waals surface area (Å²) >= 11 is 7.69. The molecule has 2 aromatic rings. The summed E-state index contributed by atoms with van der Waals surface area (Å²) in [7, 11) is 2.04. The minimum atomic E-state index is 0.366. The van der Waals surface area contributed by atoms with E-state index in [9.17, 15) is 0 Å². The average Bonchev–Trinajstić information content (AvgIpc) is 2.79. The van der Waals surface area contributed by atoms with E-state index in [0.717, 1.165) is 12.2 Å². The number of hydrogen-bond acceptors (Lipinski definition) is 4. The van der Waals surface area contributed by atoms with E-state index in [1.807, 2.05) is 14.0 Å². The zero-order valence-corrected chi connectivity index (χ0v) is 12.3. The molecule has 96 valence electrons. The van der Waals surface area contributed by atoms with Gasteiger partial charge in [0.2, 0.25) is 0 Å². The van der Waals surface area contributed by atoms with E-state index in [4.69, 9.17) is 11.6 Å². The van der Waals surface area contributed by atoms with Gasteiger partial charge in [-0.15, -0.1) is 0 Å². The van der Waals surface area contributed by atoms with Crippen molar-refractivity contribution in [2.24, 2.45) is 0 Å². The maximum Gasteiger partial charge on any atom is 0.134 e. The van der Waals surface area contributed by atoms with Crippen molar-refractivity contribution in [2.75, 3.05) is 11.9 Å². The lowest BCUT2D eigenvalue weighted by atomic mass is 10.1. The third kappa shape index (κ3) is 3.21. The molecule has 2 aromatic heterocycles. The van der Waals surface area contributed by atoms with E-state index in [0.29, 0.717) is 17.0 Å². The molecule has 0 radical (unpaired) electrons. The summed E-state index contributed by atoms with van der Waals surface area (Å²) in [6, 6.07) is 4.33. The molecule has 0 amide bonds. The summed E-state index contributed by atoms with van der Waals surface area (Å²) in [5.41, 5.74) is 1.36. The summed E-state index contributed by atoms with van der Waals surface area (Å²) in [6.07, 6.45) is 1.00. The molecular weight excluding hydrogens is 266 g/mol. The van der Waals surface area contributed by atoms with Gasteiger partial charge in [-0.25, -0.2) is 9.97 Å². The second-order valence-corrected chi connectivity index (χ2v) is 5.56. The highest BCUT2D eigenvalue weighted by Gasteiger charge is 2.13. The molecule has 3 nitrogen and oxygen atoms in total. The van der Waals surface area contributed by atoms with Gasteiger partial charge in [0, 0.05) is 19.2 Å². The maximum absolute atomic E-state index is 5.97. The van der Waals surface area contributed by atoms with Gasteiger partial charge in [-0.05, 0) is 42.7 Å². The van der Waals surface area contributed by atoms with Crippen molar-refractivity contribution in [1.82, 2.24) is 9.97 Å². The third-order valence-electron chi connectivity index (χ3n) is 2.93. The molecule has 0 aliphatic heterocycles. The predicted octanol–water partition coefficient (Wildman–Crippen LogP) is 3.57. The van der Waals surface area contributed by atoms with Gasteiger partial charge < -0.3 is 4.90 Å². The number of hydrogen-bond donors (Lipinski definition) is 0. The van der Waals surface area contributed by atoms with Crippen molar-refractivity contribution in [2.45, 2.75) is 26.3 Å². The van der Waals surface area contributed by atoms with E-state index in [1.54, 1.807) is 17.4 Å². The third-order valence-corrected chi connectivity index (χ3v) is 3.85. The largest absolute Gasteiger partial charge is 0.356 e. The molecule has 2 rings (SSSR count). The van der Waals surface area contributed by atoms with Gasteiger partial charge in [-0.3, -0.25) is 0 Å². The van der Waals surface area contributed by atoms with Crippen LogP contribution in [0.1, 0.15) is 18.3 Å². The highest BCUT2D eigenvalue weighted by molar-refractivity contribution is 7.07. The number of anilines is 1. The van der Waals surface area contributed by atoms with Gasteiger partial charge in [0.1, 0.15) is 16.8 Å². The standard InChI is InChI=1S/C13H16ClN3S/c1-9(6-11-4-5-18-8-11)17(3)13-7-12(14)15-10(2)16-13/h4-5,7-9H,6H2,1-3H3. The number of aromatic nitrogens is 2. The first-order valence-electron chi connectivity index (χ1n) is 5.81. The highest BCUT2D eigenvalue weighted by Crippen LogP contribution is 2.19. The van der Waals surface area contributed by atoms with Crippen molar-refractivity contribution >= 4 is 28.8 Å². The zero-order chi connectivity index (χ0) is 13.1. The van der Waals surface area contributed by atoms with Crippen LogP contribution < -0.4 is 4.90 Å². The first kappa shape index (κ1) is 13.3. The van der Waals surface area contributed by atoms with E-state index in [1.165, 1.54) is 5.56 Å². The van der Waals surface area contributed by atoms with E-state index >= 15 is 0 Å². The van der Waals surface area contributed by atoms with Crippen LogP contribution in [-0.4, -0.2) is 23.1 Å². The molecule has 0 bridgehead atoms. The van der Waals surface area contributed by atoms with Gasteiger partial charge in [-0.1, -0.05) is 11.6 Å². The zero-order valence-electron chi connectivity index (χ0n) is 10.7. The van der Waals surface area contributed by atoms with Crippen LogP contribution in [0.15, 0.2) is 22.9 Å². The number of nitrogens with zero attached hydrogens (tertiary/aromatic N) is 3. The normalized spacial score (nSPS) is 12.4. The van der Waals surface area contributed by atoms with Crippen molar-refractivity contribution in [3.63, 3.8) is 0 Å². The average molecular weight is 282 g/mol. The fraction of sp³-hybridized carbons (Fsp3) is 0.385.